The highest BCUT2D eigenvalue weighted by atomic mass is 19.4. The Labute approximate surface area is 200 Å². The van der Waals surface area contributed by atoms with Crippen LogP contribution in [0.2, 0.25) is 0 Å². The second-order valence-corrected chi connectivity index (χ2v) is 8.36. The second-order valence-electron chi connectivity index (χ2n) is 8.36. The number of fused-ring (bicyclic) bond motifs is 1. The van der Waals surface area contributed by atoms with E-state index < -0.39 is 23.8 Å². The Bertz CT molecular complexity index is 1070. The van der Waals surface area contributed by atoms with E-state index in [1.807, 2.05) is 0 Å². The number of hydrogen-bond donors (Lipinski definition) is 1. The molecule has 4 rings (SSSR count). The first-order valence-electron chi connectivity index (χ1n) is 11.2. The molecule has 1 fully saturated rings. The van der Waals surface area contributed by atoms with Gasteiger partial charge < -0.3 is 24.4 Å². The quantitative estimate of drug-likeness (QED) is 0.650. The third-order valence-electron chi connectivity index (χ3n) is 6.12. The molecule has 0 aliphatic carbocycles. The normalized spacial score (nSPS) is 17.8. The van der Waals surface area contributed by atoms with Gasteiger partial charge in [0.25, 0.3) is 0 Å². The molecule has 2 aromatic rings. The number of aromatic nitrogens is 3. The number of carbonyl (C=O) groups is 1. The topological polar surface area (TPSA) is 104 Å². The van der Waals surface area contributed by atoms with Gasteiger partial charge in [0.15, 0.2) is 6.23 Å². The van der Waals surface area contributed by atoms with Crippen molar-refractivity contribution in [3.63, 3.8) is 0 Å². The number of likely N-dealkylation sites (N-methyl/N-ethyl adjacent to an activating group) is 1. The van der Waals surface area contributed by atoms with Crippen LogP contribution in [-0.4, -0.2) is 82.5 Å². The first kappa shape index (κ1) is 24.8. The molecular weight excluding hydrogens is 469 g/mol. The highest BCUT2D eigenvalue weighted by Gasteiger charge is 2.37. The Balaban J connectivity index is 1.56. The van der Waals surface area contributed by atoms with Crippen LogP contribution in [0.5, 0.6) is 11.8 Å². The highest BCUT2D eigenvalue weighted by molar-refractivity contribution is 5.74. The molecule has 0 radical (unpaired) electrons. The van der Waals surface area contributed by atoms with E-state index in [9.17, 15) is 18.0 Å². The Morgan fingerprint density at radius 3 is 2.77 bits per heavy atom. The van der Waals surface area contributed by atoms with Gasteiger partial charge >= 0.3 is 12.2 Å². The number of pyridine rings is 1. The zero-order valence-corrected chi connectivity index (χ0v) is 19.5. The summed E-state index contributed by atoms with van der Waals surface area (Å²) in [5.74, 6) is -0.185. The maximum Gasteiger partial charge on any atom is 0.421 e. The van der Waals surface area contributed by atoms with E-state index in [4.69, 9.17) is 14.6 Å². The zero-order chi connectivity index (χ0) is 25.2. The minimum atomic E-state index is -4.61. The standard InChI is InChI=1S/C22H27F3N6O4/c1-29(8-9-32)21(33)31-6-3-4-18(31)35-19-15-12-30(7-5-17(15)27-13-28-19)14-10-16(22(23,24)25)20(34-2)26-11-14/h10-11,13,18,32H,3-9,12H2,1-2H3. The maximum atomic E-state index is 13.5. The van der Waals surface area contributed by atoms with Crippen molar-refractivity contribution in [2.24, 2.45) is 0 Å². The summed E-state index contributed by atoms with van der Waals surface area (Å²) < 4.78 is 51.4. The molecule has 2 aromatic heterocycles. The van der Waals surface area contributed by atoms with Crippen molar-refractivity contribution in [1.82, 2.24) is 24.8 Å². The van der Waals surface area contributed by atoms with Gasteiger partial charge in [0.2, 0.25) is 11.8 Å². The molecule has 0 saturated carbocycles. The maximum absolute atomic E-state index is 13.5. The zero-order valence-electron chi connectivity index (χ0n) is 19.5. The monoisotopic (exact) mass is 496 g/mol. The summed E-state index contributed by atoms with van der Waals surface area (Å²) in [6, 6.07) is 0.769. The lowest BCUT2D eigenvalue weighted by Crippen LogP contribution is -2.46. The summed E-state index contributed by atoms with van der Waals surface area (Å²) in [5, 5.41) is 9.13. The first-order valence-corrected chi connectivity index (χ1v) is 11.2. The minimum absolute atomic E-state index is 0.146. The molecule has 2 aliphatic heterocycles. The molecule has 1 N–H and O–H groups in total. The molecule has 1 saturated heterocycles. The van der Waals surface area contributed by atoms with Crippen molar-refractivity contribution >= 4 is 11.7 Å². The lowest BCUT2D eigenvalue weighted by atomic mass is 10.1. The van der Waals surface area contributed by atoms with Gasteiger partial charge in [-0.25, -0.2) is 19.7 Å². The van der Waals surface area contributed by atoms with E-state index in [1.165, 1.54) is 17.4 Å². The number of methoxy groups -OCH3 is 1. The predicted molar refractivity (Wildman–Crippen MR) is 118 cm³/mol. The molecule has 190 valence electrons. The van der Waals surface area contributed by atoms with Crippen LogP contribution in [0.25, 0.3) is 0 Å². The molecule has 2 aliphatic rings. The molecule has 0 spiro atoms. The van der Waals surface area contributed by atoms with Gasteiger partial charge in [-0.2, -0.15) is 13.2 Å². The number of amides is 2. The summed E-state index contributed by atoms with van der Waals surface area (Å²) in [4.78, 5) is 30.0. The molecule has 10 nitrogen and oxygen atoms in total. The Hall–Kier alpha value is -3.35. The summed E-state index contributed by atoms with van der Waals surface area (Å²) in [5.41, 5.74) is 0.751. The minimum Gasteiger partial charge on any atom is -0.481 e. The number of aliphatic hydroxyl groups excluding tert-OH is 1. The van der Waals surface area contributed by atoms with Crippen molar-refractivity contribution in [2.45, 2.75) is 38.2 Å². The highest BCUT2D eigenvalue weighted by Crippen LogP contribution is 2.38. The van der Waals surface area contributed by atoms with Gasteiger partial charge in [-0.05, 0) is 12.5 Å². The fourth-order valence-electron chi connectivity index (χ4n) is 4.29. The van der Waals surface area contributed by atoms with Crippen LogP contribution in [0.3, 0.4) is 0 Å². The smallest absolute Gasteiger partial charge is 0.421 e. The number of nitrogens with zero attached hydrogens (tertiary/aromatic N) is 6. The van der Waals surface area contributed by atoms with Gasteiger partial charge in [-0.3, -0.25) is 4.90 Å². The third kappa shape index (κ3) is 5.19. The molecule has 0 bridgehead atoms. The Morgan fingerprint density at radius 2 is 2.06 bits per heavy atom. The van der Waals surface area contributed by atoms with Gasteiger partial charge in [0.1, 0.15) is 11.9 Å². The van der Waals surface area contributed by atoms with Crippen molar-refractivity contribution in [3.05, 3.63) is 35.4 Å². The van der Waals surface area contributed by atoms with E-state index in [0.29, 0.717) is 43.1 Å². The molecule has 4 heterocycles. The van der Waals surface area contributed by atoms with Crippen molar-refractivity contribution in [3.8, 4) is 11.8 Å². The molecular formula is C22H27F3N6O4. The molecule has 1 unspecified atom stereocenters. The Morgan fingerprint density at radius 1 is 1.26 bits per heavy atom. The number of anilines is 1. The lowest BCUT2D eigenvalue weighted by Gasteiger charge is -2.33. The summed E-state index contributed by atoms with van der Waals surface area (Å²) in [7, 11) is 2.75. The largest absolute Gasteiger partial charge is 0.481 e. The molecule has 13 heteroatoms. The van der Waals surface area contributed by atoms with Crippen LogP contribution in [0, 0.1) is 0 Å². The number of carbonyl (C=O) groups excluding carboxylic acids is 1. The van der Waals surface area contributed by atoms with Gasteiger partial charge in [0, 0.05) is 39.5 Å². The number of halogens is 3. The number of aliphatic hydroxyl groups is 1. The number of likely N-dealkylation sites (tertiary alicyclic amines) is 1. The molecule has 0 aromatic carbocycles. The SMILES string of the molecule is COc1ncc(N2CCc3ncnc(OC4CCCN4C(=O)N(C)CCO)c3C2)cc1C(F)(F)F. The van der Waals surface area contributed by atoms with Gasteiger partial charge in [0.05, 0.1) is 43.4 Å². The average Bonchev–Trinajstić information content (AvgIpc) is 3.30. The summed E-state index contributed by atoms with van der Waals surface area (Å²) in [6.07, 6.45) is -0.580. The number of hydrogen-bond acceptors (Lipinski definition) is 8. The van der Waals surface area contributed by atoms with Crippen molar-refractivity contribution in [1.29, 1.82) is 0 Å². The Kier molecular flexibility index (Phi) is 7.15. The van der Waals surface area contributed by atoms with Crippen LogP contribution in [0.1, 0.15) is 29.7 Å². The van der Waals surface area contributed by atoms with Crippen LogP contribution in [0.4, 0.5) is 23.7 Å². The average molecular weight is 496 g/mol. The van der Waals surface area contributed by atoms with Crippen LogP contribution >= 0.6 is 0 Å². The van der Waals surface area contributed by atoms with Crippen LogP contribution < -0.4 is 14.4 Å². The predicted octanol–water partition coefficient (Wildman–Crippen LogP) is 2.31. The van der Waals surface area contributed by atoms with E-state index >= 15 is 0 Å². The first-order chi connectivity index (χ1) is 16.7. The second kappa shape index (κ2) is 10.1. The summed E-state index contributed by atoms with van der Waals surface area (Å²) in [6.45, 7) is 1.23. The number of ether oxygens (including phenoxy) is 2. The van der Waals surface area contributed by atoms with E-state index in [-0.39, 0.29) is 25.7 Å². The van der Waals surface area contributed by atoms with Crippen molar-refractivity contribution in [2.75, 3.05) is 45.3 Å². The fourth-order valence-corrected chi connectivity index (χ4v) is 4.29. The van der Waals surface area contributed by atoms with Gasteiger partial charge in [-0.15, -0.1) is 0 Å². The van der Waals surface area contributed by atoms with Gasteiger partial charge in [-0.1, -0.05) is 0 Å². The number of urea groups is 1. The lowest BCUT2D eigenvalue weighted by molar-refractivity contribution is -0.139. The van der Waals surface area contributed by atoms with E-state index in [1.54, 1.807) is 16.8 Å². The fraction of sp³-hybridized carbons (Fsp3) is 0.545. The molecule has 35 heavy (non-hydrogen) atoms. The number of alkyl halides is 3. The van der Waals surface area contributed by atoms with E-state index in [2.05, 4.69) is 15.0 Å². The molecule has 1 atom stereocenters. The molecule has 2 amide bonds. The van der Waals surface area contributed by atoms with E-state index in [0.717, 1.165) is 25.3 Å². The number of rotatable bonds is 6. The van der Waals surface area contributed by atoms with Crippen LogP contribution in [-0.2, 0) is 19.1 Å². The third-order valence-corrected chi connectivity index (χ3v) is 6.12. The van der Waals surface area contributed by atoms with Crippen LogP contribution in [0.15, 0.2) is 18.6 Å². The van der Waals surface area contributed by atoms with Crippen molar-refractivity contribution < 1.29 is 32.5 Å². The summed E-state index contributed by atoms with van der Waals surface area (Å²) >= 11 is 0.